The molecule has 4 rings (SSSR count). The maximum Gasteiger partial charge on any atom is 0.337 e. The van der Waals surface area contributed by atoms with E-state index in [-0.39, 0.29) is 35.6 Å². The Kier molecular flexibility index (Phi) is 6.75. The van der Waals surface area contributed by atoms with Gasteiger partial charge < -0.3 is 23.7 Å². The Balaban J connectivity index is 1.30. The average Bonchev–Trinajstić information content (AvgIpc) is 2.84. The molecule has 3 atom stereocenters. The molecule has 7 heteroatoms. The molecule has 1 heterocycles. The van der Waals surface area contributed by atoms with Crippen LogP contribution in [-0.4, -0.2) is 38.2 Å². The lowest BCUT2D eigenvalue weighted by Gasteiger charge is -2.37. The van der Waals surface area contributed by atoms with Gasteiger partial charge in [-0.05, 0) is 54.8 Å². The van der Waals surface area contributed by atoms with Crippen molar-refractivity contribution in [3.05, 3.63) is 71.7 Å². The third-order valence-corrected chi connectivity index (χ3v) is 5.82. The van der Waals surface area contributed by atoms with Crippen LogP contribution >= 0.6 is 0 Å². The van der Waals surface area contributed by atoms with E-state index in [0.717, 1.165) is 17.7 Å². The molecule has 2 aromatic carbocycles. The summed E-state index contributed by atoms with van der Waals surface area (Å²) in [5.74, 6) is 0.874. The van der Waals surface area contributed by atoms with Gasteiger partial charge in [-0.2, -0.15) is 0 Å². The fourth-order valence-corrected chi connectivity index (χ4v) is 4.00. The predicted molar refractivity (Wildman–Crippen MR) is 115 cm³/mol. The van der Waals surface area contributed by atoms with Crippen LogP contribution in [0.15, 0.2) is 60.6 Å². The van der Waals surface area contributed by atoms with E-state index in [1.54, 1.807) is 43.5 Å². The van der Waals surface area contributed by atoms with Crippen LogP contribution in [0.1, 0.15) is 35.2 Å². The van der Waals surface area contributed by atoms with Gasteiger partial charge in [-0.25, -0.2) is 4.79 Å². The van der Waals surface area contributed by atoms with E-state index in [9.17, 15) is 9.59 Å². The zero-order chi connectivity index (χ0) is 22.5. The number of hydrogen-bond acceptors (Lipinski definition) is 7. The van der Waals surface area contributed by atoms with Crippen molar-refractivity contribution in [1.29, 1.82) is 0 Å². The summed E-state index contributed by atoms with van der Waals surface area (Å²) in [5.41, 5.74) is 1.47. The highest BCUT2D eigenvalue weighted by molar-refractivity contribution is 5.96. The van der Waals surface area contributed by atoms with Gasteiger partial charge in [-0.1, -0.05) is 12.1 Å². The van der Waals surface area contributed by atoms with Crippen molar-refractivity contribution in [3.8, 4) is 11.5 Å². The van der Waals surface area contributed by atoms with Gasteiger partial charge in [0, 0.05) is 6.42 Å². The molecule has 2 aliphatic rings. The van der Waals surface area contributed by atoms with Crippen molar-refractivity contribution in [2.24, 2.45) is 5.92 Å². The summed E-state index contributed by atoms with van der Waals surface area (Å²) in [6, 6.07) is 14.2. The fourth-order valence-electron chi connectivity index (χ4n) is 4.00. The van der Waals surface area contributed by atoms with Gasteiger partial charge in [-0.3, -0.25) is 4.79 Å². The molecule has 7 nitrogen and oxygen atoms in total. The number of rotatable bonds is 7. The largest absolute Gasteiger partial charge is 0.497 e. The molecule has 0 N–H and O–H groups in total. The third-order valence-electron chi connectivity index (χ3n) is 5.82. The van der Waals surface area contributed by atoms with Crippen molar-refractivity contribution in [3.63, 3.8) is 0 Å². The first-order chi connectivity index (χ1) is 15.6. The summed E-state index contributed by atoms with van der Waals surface area (Å²) in [6.07, 6.45) is 3.29. The molecule has 168 valence electrons. The Morgan fingerprint density at radius 1 is 1.00 bits per heavy atom. The summed E-state index contributed by atoms with van der Waals surface area (Å²) in [4.78, 5) is 24.4. The predicted octanol–water partition coefficient (Wildman–Crippen LogP) is 4.06. The minimum Gasteiger partial charge on any atom is -0.497 e. The second-order valence-corrected chi connectivity index (χ2v) is 7.84. The smallest absolute Gasteiger partial charge is 0.337 e. The quantitative estimate of drug-likeness (QED) is 0.603. The number of allylic oxidation sites excluding steroid dienone is 1. The lowest BCUT2D eigenvalue weighted by Crippen LogP contribution is -2.42. The van der Waals surface area contributed by atoms with Crippen LogP contribution in [0.25, 0.3) is 0 Å². The van der Waals surface area contributed by atoms with E-state index in [0.29, 0.717) is 30.8 Å². The number of methoxy groups -OCH3 is 2. The standard InChI is InChI=1S/C25H26O7/c1-28-18-7-9-19(10-8-18)32-23-15-31-22-13-20(11-12-21(22)24(23)26)30-14-16-3-5-17(6-4-16)25(27)29-2/h3-10,15,20-22H,11-14H2,1-2H3. The van der Waals surface area contributed by atoms with Gasteiger partial charge in [0.25, 0.3) is 0 Å². The first-order valence-corrected chi connectivity index (χ1v) is 10.6. The van der Waals surface area contributed by atoms with Gasteiger partial charge in [0.2, 0.25) is 11.5 Å². The number of fused-ring (bicyclic) bond motifs is 1. The van der Waals surface area contributed by atoms with E-state index in [2.05, 4.69) is 0 Å². The van der Waals surface area contributed by atoms with E-state index in [1.165, 1.54) is 13.4 Å². The molecule has 0 spiro atoms. The number of carbonyl (C=O) groups is 2. The molecule has 1 fully saturated rings. The Labute approximate surface area is 186 Å². The molecule has 0 amide bonds. The Morgan fingerprint density at radius 3 is 2.41 bits per heavy atom. The first kappa shape index (κ1) is 21.9. The van der Waals surface area contributed by atoms with Gasteiger partial charge in [-0.15, -0.1) is 0 Å². The zero-order valence-electron chi connectivity index (χ0n) is 18.1. The second kappa shape index (κ2) is 9.87. The van der Waals surface area contributed by atoms with Crippen LogP contribution in [0, 0.1) is 5.92 Å². The summed E-state index contributed by atoms with van der Waals surface area (Å²) in [5, 5.41) is 0. The highest BCUT2D eigenvalue weighted by atomic mass is 16.5. The zero-order valence-corrected chi connectivity index (χ0v) is 18.1. The molecule has 0 radical (unpaired) electrons. The van der Waals surface area contributed by atoms with Crippen LogP contribution in [-0.2, 0) is 25.6 Å². The number of ether oxygens (including phenoxy) is 5. The molecule has 2 aromatic rings. The second-order valence-electron chi connectivity index (χ2n) is 7.84. The molecule has 3 unspecified atom stereocenters. The first-order valence-electron chi connectivity index (χ1n) is 10.6. The van der Waals surface area contributed by atoms with E-state index >= 15 is 0 Å². The Morgan fingerprint density at radius 2 is 1.72 bits per heavy atom. The minimum absolute atomic E-state index is 0.00166. The number of Topliss-reactive ketones (excluding diaryl/α,β-unsaturated/α-hetero) is 1. The molecule has 0 bridgehead atoms. The summed E-state index contributed by atoms with van der Waals surface area (Å²) in [7, 11) is 2.95. The summed E-state index contributed by atoms with van der Waals surface area (Å²) >= 11 is 0. The van der Waals surface area contributed by atoms with Crippen molar-refractivity contribution < 1.29 is 33.3 Å². The van der Waals surface area contributed by atoms with Gasteiger partial charge in [0.05, 0.1) is 38.4 Å². The maximum atomic E-state index is 12.9. The van der Waals surface area contributed by atoms with Gasteiger partial charge >= 0.3 is 5.97 Å². The van der Waals surface area contributed by atoms with Crippen LogP contribution in [0.5, 0.6) is 11.5 Å². The highest BCUT2D eigenvalue weighted by Gasteiger charge is 2.41. The molecular weight excluding hydrogens is 412 g/mol. The van der Waals surface area contributed by atoms with E-state index < -0.39 is 0 Å². The van der Waals surface area contributed by atoms with Crippen LogP contribution in [0.3, 0.4) is 0 Å². The van der Waals surface area contributed by atoms with Crippen molar-refractivity contribution in [1.82, 2.24) is 0 Å². The molecular formula is C25H26O7. The monoisotopic (exact) mass is 438 g/mol. The Bertz CT molecular complexity index is 978. The molecule has 32 heavy (non-hydrogen) atoms. The van der Waals surface area contributed by atoms with Crippen LogP contribution < -0.4 is 9.47 Å². The normalized spacial score (nSPS) is 22.2. The van der Waals surface area contributed by atoms with E-state index in [4.69, 9.17) is 23.7 Å². The Hall–Kier alpha value is -3.32. The topological polar surface area (TPSA) is 80.3 Å². The number of ketones is 1. The molecule has 0 saturated heterocycles. The molecule has 1 saturated carbocycles. The molecule has 1 aliphatic carbocycles. The summed E-state index contributed by atoms with van der Waals surface area (Å²) < 4.78 is 27.5. The lowest BCUT2D eigenvalue weighted by atomic mass is 9.80. The number of esters is 1. The van der Waals surface area contributed by atoms with Gasteiger partial charge in [0.15, 0.2) is 0 Å². The number of carbonyl (C=O) groups excluding carboxylic acids is 2. The number of benzene rings is 2. The minimum atomic E-state index is -0.363. The average molecular weight is 438 g/mol. The van der Waals surface area contributed by atoms with E-state index in [1.807, 2.05) is 12.1 Å². The van der Waals surface area contributed by atoms with Crippen molar-refractivity contribution >= 4 is 11.8 Å². The van der Waals surface area contributed by atoms with Crippen LogP contribution in [0.4, 0.5) is 0 Å². The van der Waals surface area contributed by atoms with Gasteiger partial charge in [0.1, 0.15) is 23.9 Å². The fraction of sp³-hybridized carbons (Fsp3) is 0.360. The van der Waals surface area contributed by atoms with Crippen LogP contribution in [0.2, 0.25) is 0 Å². The molecule has 0 aromatic heterocycles. The lowest BCUT2D eigenvalue weighted by molar-refractivity contribution is -0.134. The van der Waals surface area contributed by atoms with Crippen molar-refractivity contribution in [2.45, 2.75) is 38.1 Å². The SMILES string of the molecule is COC(=O)c1ccc(COC2CCC3C(=O)C(Oc4ccc(OC)cc4)=COC3C2)cc1. The highest BCUT2D eigenvalue weighted by Crippen LogP contribution is 2.35. The third kappa shape index (κ3) is 4.94. The van der Waals surface area contributed by atoms with Crippen molar-refractivity contribution in [2.75, 3.05) is 14.2 Å². The molecule has 1 aliphatic heterocycles. The summed E-state index contributed by atoms with van der Waals surface area (Å²) in [6.45, 7) is 0.430. The number of hydrogen-bond donors (Lipinski definition) is 0. The maximum absolute atomic E-state index is 12.9.